The molecule has 10 N–H and O–H groups in total. The summed E-state index contributed by atoms with van der Waals surface area (Å²) in [5.41, 5.74) is 7.42. The maximum atomic E-state index is 13.5. The molecule has 4 heterocycles. The van der Waals surface area contributed by atoms with Gasteiger partial charge in [0.2, 0.25) is 0 Å². The van der Waals surface area contributed by atoms with Crippen molar-refractivity contribution in [1.29, 1.82) is 0 Å². The van der Waals surface area contributed by atoms with Crippen LogP contribution in [-0.2, 0) is 42.9 Å². The predicted octanol–water partition coefficient (Wildman–Crippen LogP) is 5.89. The Kier molecular flexibility index (Phi) is 15.8. The number of hydrogen-bond donors (Lipinski definition) is 9. The van der Waals surface area contributed by atoms with Crippen LogP contribution in [0.5, 0.6) is 5.75 Å². The van der Waals surface area contributed by atoms with Crippen molar-refractivity contribution in [3.63, 3.8) is 0 Å². The molecule has 0 bridgehead atoms. The first kappa shape index (κ1) is 55.0. The third-order valence-corrected chi connectivity index (χ3v) is 15.4. The zero-order valence-corrected chi connectivity index (χ0v) is 42.0. The number of rotatable bonds is 18. The summed E-state index contributed by atoms with van der Waals surface area (Å²) in [7, 11) is -17.0. The number of nitro benzene ring substituents is 1. The van der Waals surface area contributed by atoms with Gasteiger partial charge in [-0.15, -0.1) is 0 Å². The Morgan fingerprint density at radius 1 is 0.987 bits per heavy atom. The van der Waals surface area contributed by atoms with Gasteiger partial charge in [-0.25, -0.2) is 28.5 Å². The second-order valence-corrected chi connectivity index (χ2v) is 21.6. The molecule has 3 aromatic carbocycles. The monoisotopic (exact) mass is 1110 g/mol. The highest BCUT2D eigenvalue weighted by Crippen LogP contribution is 2.66. The van der Waals surface area contributed by atoms with Crippen molar-refractivity contribution < 1.29 is 90.1 Å². The first-order valence-electron chi connectivity index (χ1n) is 22.2. The molecule has 2 aliphatic heterocycles. The van der Waals surface area contributed by atoms with Gasteiger partial charge in [0.25, 0.3) is 11.6 Å². The van der Waals surface area contributed by atoms with Crippen molar-refractivity contribution >= 4 is 68.9 Å². The van der Waals surface area contributed by atoms with Gasteiger partial charge in [-0.05, 0) is 66.1 Å². The number of anilines is 1. The molecule has 76 heavy (non-hydrogen) atoms. The number of aromatic hydroxyl groups is 1. The number of aromatic nitrogens is 3. The van der Waals surface area contributed by atoms with Crippen LogP contribution in [0.1, 0.15) is 70.0 Å². The van der Waals surface area contributed by atoms with E-state index < -0.39 is 71.4 Å². The number of hydrogen-bond acceptors (Lipinski definition) is 19. The molecule has 1 aliphatic carbocycles. The minimum atomic E-state index is -5.81. The number of carboxylic acid groups (broad SMARTS) is 1. The van der Waals surface area contributed by atoms with Crippen LogP contribution < -0.4 is 16.5 Å². The molecule has 6 atom stereocenters. The molecule has 1 amide bonds. The molecule has 2 unspecified atom stereocenters. The maximum absolute atomic E-state index is 13.5. The number of nitrogens with one attached hydrogen (secondary N) is 1. The lowest BCUT2D eigenvalue weighted by molar-refractivity contribution is -0.386. The number of phosphoric ester groups is 1. The molecule has 0 radical (unpaired) electrons. The minimum absolute atomic E-state index is 0.00618. The fourth-order valence-corrected chi connectivity index (χ4v) is 11.5. The lowest BCUT2D eigenvalue weighted by Gasteiger charge is -2.22. The van der Waals surface area contributed by atoms with Gasteiger partial charge >= 0.3 is 29.4 Å². The van der Waals surface area contributed by atoms with Crippen LogP contribution >= 0.6 is 23.5 Å². The number of carbonyl (C=O) groups excluding carboxylic acids is 1. The van der Waals surface area contributed by atoms with Crippen LogP contribution in [0.2, 0.25) is 0 Å². The first-order chi connectivity index (χ1) is 35.8. The zero-order chi connectivity index (χ0) is 55.0. The molecule has 2 aromatic heterocycles. The van der Waals surface area contributed by atoms with Gasteiger partial charge in [0, 0.05) is 64.0 Å². The van der Waals surface area contributed by atoms with Crippen molar-refractivity contribution in [3.8, 4) is 40.0 Å². The van der Waals surface area contributed by atoms with E-state index in [0.29, 0.717) is 27.5 Å². The number of carbonyl (C=O) groups is 2. The number of aromatic carboxylic acids is 1. The van der Waals surface area contributed by atoms with Crippen molar-refractivity contribution in [2.45, 2.75) is 51.4 Å². The second-order valence-electron chi connectivity index (χ2n) is 17.2. The topological polar surface area (TPSA) is 415 Å². The van der Waals surface area contributed by atoms with E-state index in [9.17, 15) is 63.3 Å². The molecule has 398 valence electrons. The van der Waals surface area contributed by atoms with E-state index in [1.54, 1.807) is 13.8 Å². The number of aliphatic hydroxyl groups excluding tert-OH is 1. The molecule has 27 nitrogen and oxygen atoms in total. The number of phosphoric acid groups is 3. The highest BCUT2D eigenvalue weighted by atomic mass is 31.3. The van der Waals surface area contributed by atoms with Gasteiger partial charge in [0.1, 0.15) is 47.2 Å². The number of nitrogens with two attached hydrogens (primary N) is 1. The summed E-state index contributed by atoms with van der Waals surface area (Å²) in [6, 6.07) is 16.4. The van der Waals surface area contributed by atoms with Gasteiger partial charge in [0.05, 0.1) is 53.4 Å². The Bertz CT molecular complexity index is 3700. The molecule has 1 saturated heterocycles. The summed E-state index contributed by atoms with van der Waals surface area (Å²) in [4.78, 5) is 95.5. The van der Waals surface area contributed by atoms with Crippen LogP contribution in [0.25, 0.3) is 44.5 Å². The Morgan fingerprint density at radius 3 is 2.46 bits per heavy atom. The van der Waals surface area contributed by atoms with Crippen LogP contribution in [0, 0.1) is 27.9 Å². The number of nitrogen functional groups attached to an aromatic ring is 1. The number of ether oxygens (including phenoxy) is 2. The van der Waals surface area contributed by atoms with E-state index in [0.717, 1.165) is 6.33 Å². The number of phenols is 1. The van der Waals surface area contributed by atoms with Gasteiger partial charge in [-0.1, -0.05) is 25.7 Å². The van der Waals surface area contributed by atoms with Crippen molar-refractivity contribution in [2.24, 2.45) is 5.92 Å². The standard InChI is InChI=1S/C46H43N6O21P3/c1-23(2)42(68-20-26-19-51(44-40(26)43(47)49-22-50-44)39-18-35(55)38(71-39)21-69-75(64,65)73-76(66,67)72-74(61,62)63)30-9-5-24(14-34(30)52(59)60)4-3-13-48-45(56)25-6-10-29(46(57)58)33(15-25)41-31-11-7-27(53)16-36(31)70-37-17-28(54)8-12-32(37)41/h5-12,14-17,19,22-23,35,38-39,42,53,55H,13,18,20-21H2,1-2H3,(H,48,56)(H,57,58)(H,64,65)(H,66,67)(H2,47,49,50)(H2,61,62,63)/t35-,38+,39+,42-/m0/s1. The van der Waals surface area contributed by atoms with E-state index in [4.69, 9.17) is 29.4 Å². The normalized spacial score (nSPS) is 17.8. The van der Waals surface area contributed by atoms with E-state index in [1.807, 2.05) is 0 Å². The van der Waals surface area contributed by atoms with Gasteiger partial charge in [-0.2, -0.15) is 8.62 Å². The lowest BCUT2D eigenvalue weighted by Crippen LogP contribution is -2.26. The summed E-state index contributed by atoms with van der Waals surface area (Å²) < 4.78 is 66.7. The smallest absolute Gasteiger partial charge is 0.490 e. The molecule has 30 heteroatoms. The average molecular weight is 1110 g/mol. The first-order valence-corrected chi connectivity index (χ1v) is 26.8. The molecule has 0 spiro atoms. The molecule has 1 fully saturated rings. The fourth-order valence-electron chi connectivity index (χ4n) is 8.46. The number of nitrogens with zero attached hydrogens (tertiary/aromatic N) is 4. The molecular weight excluding hydrogens is 1070 g/mol. The number of phenolic OH excluding ortho intramolecular Hbond substituents is 1. The molecule has 8 rings (SSSR count). The van der Waals surface area contributed by atoms with Crippen molar-refractivity contribution in [2.75, 3.05) is 18.9 Å². The highest BCUT2D eigenvalue weighted by Gasteiger charge is 2.43. The number of aliphatic hydroxyl groups is 1. The quantitative estimate of drug-likeness (QED) is 0.0159. The van der Waals surface area contributed by atoms with Crippen LogP contribution in [0.15, 0.2) is 94.5 Å². The Hall–Kier alpha value is -7.24. The molecule has 5 aromatic rings. The summed E-state index contributed by atoms with van der Waals surface area (Å²) in [6.45, 7) is 2.15. The van der Waals surface area contributed by atoms with E-state index in [1.165, 1.54) is 83.6 Å². The van der Waals surface area contributed by atoms with E-state index in [2.05, 4.69) is 40.3 Å². The van der Waals surface area contributed by atoms with Crippen LogP contribution in [0.3, 0.4) is 0 Å². The second kappa shape index (κ2) is 21.8. The van der Waals surface area contributed by atoms with Crippen LogP contribution in [-0.4, -0.2) is 91.6 Å². The minimum Gasteiger partial charge on any atom is -0.508 e. The maximum Gasteiger partial charge on any atom is 0.490 e. The van der Waals surface area contributed by atoms with Gasteiger partial charge < -0.3 is 64.4 Å². The Morgan fingerprint density at radius 2 is 1.75 bits per heavy atom. The SMILES string of the molecule is CC(C)[C@H](OCc1cn([C@H]2C[C@H](O)[C@@H](COP(=O)(O)OP(=O)(O)OP(=O)(O)O)O2)c2ncnc(N)c12)c1ccc(C#CCNC(=O)c2ccc(C(=O)O)c(-c3c4ccc(=O)cc-4oc4cc(O)ccc34)c2)cc1[N+](=O)[O-]. The Labute approximate surface area is 427 Å². The number of nitro groups is 1. The third kappa shape index (κ3) is 12.4. The third-order valence-electron chi connectivity index (χ3n) is 11.6. The molecule has 0 saturated carbocycles. The summed E-state index contributed by atoms with van der Waals surface area (Å²) >= 11 is 0. The Balaban J connectivity index is 0.967. The van der Waals surface area contributed by atoms with Crippen molar-refractivity contribution in [1.82, 2.24) is 19.9 Å². The van der Waals surface area contributed by atoms with Crippen molar-refractivity contribution in [3.05, 3.63) is 133 Å². The average Bonchev–Trinajstić information content (AvgIpc) is 3.93. The van der Waals surface area contributed by atoms with Gasteiger partial charge in [-0.3, -0.25) is 24.2 Å². The molecule has 3 aliphatic rings. The predicted molar refractivity (Wildman–Crippen MR) is 264 cm³/mol. The van der Waals surface area contributed by atoms with Gasteiger partial charge in [0.15, 0.2) is 5.43 Å². The number of amides is 1. The number of carboxylic acids is 1. The summed E-state index contributed by atoms with van der Waals surface area (Å²) in [5, 5.41) is 47.0. The van der Waals surface area contributed by atoms with Crippen LogP contribution in [0.4, 0.5) is 11.5 Å². The summed E-state index contributed by atoms with van der Waals surface area (Å²) in [5.74, 6) is 3.26. The number of benzene rings is 4. The lowest BCUT2D eigenvalue weighted by atomic mass is 9.89. The molecular formula is C46H43N6O21P3. The fraction of sp³-hybridized carbons (Fsp3) is 0.239. The van der Waals surface area contributed by atoms with E-state index in [-0.39, 0.29) is 93.0 Å². The highest BCUT2D eigenvalue weighted by molar-refractivity contribution is 7.66. The largest absolute Gasteiger partial charge is 0.508 e. The van der Waals surface area contributed by atoms with E-state index >= 15 is 0 Å². The number of fused-ring (bicyclic) bond motifs is 3. The summed E-state index contributed by atoms with van der Waals surface area (Å²) in [6.07, 6.45) is -2.23. The zero-order valence-electron chi connectivity index (χ0n) is 39.4.